The zero-order valence-electron chi connectivity index (χ0n) is 10.8. The summed E-state index contributed by atoms with van der Waals surface area (Å²) in [7, 11) is 0. The van der Waals surface area contributed by atoms with Crippen LogP contribution in [0, 0.1) is 5.92 Å². The summed E-state index contributed by atoms with van der Waals surface area (Å²) in [6.07, 6.45) is 9.97. The second-order valence-electron chi connectivity index (χ2n) is 5.98. The Labute approximate surface area is 110 Å². The van der Waals surface area contributed by atoms with Crippen molar-refractivity contribution in [2.24, 2.45) is 5.92 Å². The van der Waals surface area contributed by atoms with Crippen molar-refractivity contribution in [3.05, 3.63) is 0 Å². The van der Waals surface area contributed by atoms with E-state index in [1.807, 2.05) is 0 Å². The van der Waals surface area contributed by atoms with Gasteiger partial charge in [0.1, 0.15) is 0 Å². The highest BCUT2D eigenvalue weighted by Crippen LogP contribution is 2.33. The van der Waals surface area contributed by atoms with Gasteiger partial charge in [0.05, 0.1) is 0 Å². The van der Waals surface area contributed by atoms with Gasteiger partial charge in [-0.15, -0.1) is 0 Å². The maximum atomic E-state index is 3.96. The Balaban J connectivity index is 1.54. The largest absolute Gasteiger partial charge is 0.314 e. The molecule has 1 saturated carbocycles. The fourth-order valence-corrected chi connectivity index (χ4v) is 5.06. The van der Waals surface area contributed by atoms with E-state index in [-0.39, 0.29) is 0 Å². The Morgan fingerprint density at radius 1 is 1.00 bits per heavy atom. The normalized spacial score (nSPS) is 43.1. The molecule has 2 aliphatic heterocycles. The Morgan fingerprint density at radius 3 is 2.76 bits per heavy atom. The molecule has 2 saturated heterocycles. The summed E-state index contributed by atoms with van der Waals surface area (Å²) < 4.78 is 0. The first kappa shape index (κ1) is 12.3. The third-order valence-electron chi connectivity index (χ3n) is 4.81. The van der Waals surface area contributed by atoms with E-state index in [0.717, 1.165) is 24.0 Å². The molecule has 3 fully saturated rings. The fraction of sp³-hybridized carbons (Fsp3) is 1.00. The molecular formula is C14H26N2S. The Kier molecular flexibility index (Phi) is 4.30. The summed E-state index contributed by atoms with van der Waals surface area (Å²) in [6, 6.07) is 2.45. The van der Waals surface area contributed by atoms with Crippen molar-refractivity contribution in [2.75, 3.05) is 18.1 Å². The van der Waals surface area contributed by atoms with Crippen LogP contribution in [0.5, 0.6) is 0 Å². The summed E-state index contributed by atoms with van der Waals surface area (Å²) in [6.45, 7) is 1.26. The van der Waals surface area contributed by atoms with Crippen LogP contribution in [0.15, 0.2) is 0 Å². The van der Waals surface area contributed by atoms with E-state index in [9.17, 15) is 0 Å². The van der Waals surface area contributed by atoms with Gasteiger partial charge < -0.3 is 10.6 Å². The van der Waals surface area contributed by atoms with E-state index in [1.54, 1.807) is 0 Å². The molecule has 0 aromatic rings. The fourth-order valence-electron chi connectivity index (χ4n) is 3.89. The monoisotopic (exact) mass is 254 g/mol. The molecular weight excluding hydrogens is 228 g/mol. The van der Waals surface area contributed by atoms with Crippen LogP contribution in [0.1, 0.15) is 44.9 Å². The van der Waals surface area contributed by atoms with E-state index in [0.29, 0.717) is 0 Å². The van der Waals surface area contributed by atoms with Gasteiger partial charge in [-0.25, -0.2) is 0 Å². The van der Waals surface area contributed by atoms with Crippen LogP contribution in [0.4, 0.5) is 0 Å². The molecule has 0 aromatic heterocycles. The molecule has 17 heavy (non-hydrogen) atoms. The SMILES string of the molecule is C1CCC(C2CCCC2NC2CCSC2)NC1. The van der Waals surface area contributed by atoms with E-state index in [1.165, 1.54) is 63.0 Å². The topological polar surface area (TPSA) is 24.1 Å². The van der Waals surface area contributed by atoms with Crippen molar-refractivity contribution in [3.8, 4) is 0 Å². The van der Waals surface area contributed by atoms with Crippen molar-refractivity contribution < 1.29 is 0 Å². The van der Waals surface area contributed by atoms with Crippen LogP contribution in [0.3, 0.4) is 0 Å². The number of hydrogen-bond acceptors (Lipinski definition) is 3. The smallest absolute Gasteiger partial charge is 0.0168 e. The maximum absolute atomic E-state index is 3.96. The Bertz CT molecular complexity index is 234. The second-order valence-corrected chi connectivity index (χ2v) is 7.13. The lowest BCUT2D eigenvalue weighted by molar-refractivity contribution is 0.249. The average Bonchev–Trinajstić information content (AvgIpc) is 3.02. The van der Waals surface area contributed by atoms with Crippen molar-refractivity contribution in [1.29, 1.82) is 0 Å². The maximum Gasteiger partial charge on any atom is 0.0168 e. The molecule has 4 unspecified atom stereocenters. The average molecular weight is 254 g/mol. The van der Waals surface area contributed by atoms with E-state index >= 15 is 0 Å². The van der Waals surface area contributed by atoms with Crippen molar-refractivity contribution in [2.45, 2.75) is 63.1 Å². The molecule has 1 aliphatic carbocycles. The molecule has 0 radical (unpaired) electrons. The summed E-state index contributed by atoms with van der Waals surface area (Å²) in [5.74, 6) is 3.64. The van der Waals surface area contributed by atoms with Crippen molar-refractivity contribution in [3.63, 3.8) is 0 Å². The lowest BCUT2D eigenvalue weighted by Gasteiger charge is -2.34. The van der Waals surface area contributed by atoms with Crippen LogP contribution >= 0.6 is 11.8 Å². The lowest BCUT2D eigenvalue weighted by Crippen LogP contribution is -2.49. The van der Waals surface area contributed by atoms with Gasteiger partial charge in [-0.05, 0) is 50.3 Å². The molecule has 0 spiro atoms. The van der Waals surface area contributed by atoms with E-state index in [4.69, 9.17) is 0 Å². The van der Waals surface area contributed by atoms with Gasteiger partial charge in [0.15, 0.2) is 0 Å². The summed E-state index contributed by atoms with van der Waals surface area (Å²) in [5.41, 5.74) is 0. The molecule has 3 rings (SSSR count). The molecule has 0 bridgehead atoms. The third kappa shape index (κ3) is 2.99. The predicted molar refractivity (Wildman–Crippen MR) is 75.6 cm³/mol. The van der Waals surface area contributed by atoms with Crippen molar-refractivity contribution in [1.82, 2.24) is 10.6 Å². The highest BCUT2D eigenvalue weighted by Gasteiger charge is 2.35. The number of piperidine rings is 1. The zero-order chi connectivity index (χ0) is 11.5. The van der Waals surface area contributed by atoms with Crippen LogP contribution in [-0.4, -0.2) is 36.2 Å². The van der Waals surface area contributed by atoms with Crippen LogP contribution < -0.4 is 10.6 Å². The Hall–Kier alpha value is 0.270. The molecule has 2 nitrogen and oxygen atoms in total. The number of nitrogens with one attached hydrogen (secondary N) is 2. The molecule has 3 aliphatic rings. The van der Waals surface area contributed by atoms with Crippen LogP contribution in [0.25, 0.3) is 0 Å². The predicted octanol–water partition coefficient (Wildman–Crippen LogP) is 2.39. The van der Waals surface area contributed by atoms with Gasteiger partial charge >= 0.3 is 0 Å². The number of hydrogen-bond donors (Lipinski definition) is 2. The summed E-state index contributed by atoms with van der Waals surface area (Å²) in [5, 5.41) is 7.74. The van der Waals surface area contributed by atoms with Gasteiger partial charge in [-0.3, -0.25) is 0 Å². The van der Waals surface area contributed by atoms with E-state index in [2.05, 4.69) is 22.4 Å². The minimum atomic E-state index is 0.814. The number of rotatable bonds is 3. The molecule has 2 heterocycles. The first-order valence-corrected chi connectivity index (χ1v) is 8.66. The standard InChI is InChI=1S/C14H26N2S/c1-2-8-15-13(5-1)12-4-3-6-14(12)16-11-7-9-17-10-11/h11-16H,1-10H2. The second kappa shape index (κ2) is 5.94. The first-order valence-electron chi connectivity index (χ1n) is 7.50. The van der Waals surface area contributed by atoms with E-state index < -0.39 is 0 Å². The summed E-state index contributed by atoms with van der Waals surface area (Å²) in [4.78, 5) is 0. The lowest BCUT2D eigenvalue weighted by atomic mass is 9.88. The Morgan fingerprint density at radius 2 is 2.00 bits per heavy atom. The minimum absolute atomic E-state index is 0.814. The highest BCUT2D eigenvalue weighted by atomic mass is 32.2. The van der Waals surface area contributed by atoms with Gasteiger partial charge in [0.2, 0.25) is 0 Å². The molecule has 4 atom stereocenters. The molecule has 0 aromatic carbocycles. The summed E-state index contributed by atoms with van der Waals surface area (Å²) >= 11 is 2.12. The van der Waals surface area contributed by atoms with Gasteiger partial charge in [-0.2, -0.15) is 11.8 Å². The van der Waals surface area contributed by atoms with Crippen LogP contribution in [0.2, 0.25) is 0 Å². The molecule has 3 heteroatoms. The minimum Gasteiger partial charge on any atom is -0.314 e. The highest BCUT2D eigenvalue weighted by molar-refractivity contribution is 7.99. The molecule has 0 amide bonds. The van der Waals surface area contributed by atoms with Gasteiger partial charge in [-0.1, -0.05) is 12.8 Å². The first-order chi connectivity index (χ1) is 8.43. The number of thioether (sulfide) groups is 1. The third-order valence-corrected chi connectivity index (χ3v) is 5.98. The van der Waals surface area contributed by atoms with Crippen LogP contribution in [-0.2, 0) is 0 Å². The van der Waals surface area contributed by atoms with Gasteiger partial charge in [0, 0.05) is 23.9 Å². The van der Waals surface area contributed by atoms with Crippen molar-refractivity contribution >= 4 is 11.8 Å². The quantitative estimate of drug-likeness (QED) is 0.809. The molecule has 2 N–H and O–H groups in total. The van der Waals surface area contributed by atoms with Gasteiger partial charge in [0.25, 0.3) is 0 Å². The molecule has 98 valence electrons. The zero-order valence-corrected chi connectivity index (χ0v) is 11.6.